The molecule has 2 aromatic rings. The molecule has 2 aliphatic heterocycles. The predicted molar refractivity (Wildman–Crippen MR) is 188 cm³/mol. The molecule has 0 spiro atoms. The Kier molecular flexibility index (Phi) is 10.4. The minimum absolute atomic E-state index is 0.0704. The molecule has 14 nitrogen and oxygen atoms in total. The zero-order valence-electron chi connectivity index (χ0n) is 29.1. The molecule has 52 heavy (non-hydrogen) atoms. The molecule has 3 fully saturated rings. The van der Waals surface area contributed by atoms with Crippen LogP contribution in [0.2, 0.25) is 5.02 Å². The Morgan fingerprint density at radius 2 is 1.94 bits per heavy atom. The van der Waals surface area contributed by atoms with Crippen LogP contribution in [0.4, 0.5) is 9.18 Å². The summed E-state index contributed by atoms with van der Waals surface area (Å²) in [4.78, 5) is 60.1. The molecule has 0 unspecified atom stereocenters. The Balaban J connectivity index is 1.33. The number of amides is 4. The molecule has 2 aliphatic carbocycles. The molecule has 2 saturated carbocycles. The summed E-state index contributed by atoms with van der Waals surface area (Å²) >= 11 is 6.55. The number of benzene rings is 1. The first-order valence-electron chi connectivity index (χ1n) is 17.3. The van der Waals surface area contributed by atoms with Gasteiger partial charge < -0.3 is 30.1 Å². The van der Waals surface area contributed by atoms with Crippen molar-refractivity contribution in [3.8, 4) is 11.6 Å². The normalized spacial score (nSPS) is 30.8. The molecule has 0 radical (unpaired) electrons. The van der Waals surface area contributed by atoms with E-state index in [4.69, 9.17) is 21.1 Å². The summed E-state index contributed by atoms with van der Waals surface area (Å²) in [5.41, 5.74) is -1.20. The Morgan fingerprint density at radius 1 is 1.19 bits per heavy atom. The summed E-state index contributed by atoms with van der Waals surface area (Å²) in [5, 5.41) is 15.8. The van der Waals surface area contributed by atoms with Crippen molar-refractivity contribution in [1.82, 2.24) is 25.2 Å². The number of ether oxygens (including phenoxy) is 2. The third-order valence-corrected chi connectivity index (χ3v) is 13.2. The van der Waals surface area contributed by atoms with Crippen molar-refractivity contribution in [3.05, 3.63) is 41.4 Å². The zero-order chi connectivity index (χ0) is 37.6. The number of nitrogens with zero attached hydrogens (tertiary/aromatic N) is 2. The van der Waals surface area contributed by atoms with Crippen molar-refractivity contribution in [2.24, 2.45) is 17.8 Å². The van der Waals surface area contributed by atoms with Crippen LogP contribution in [0.3, 0.4) is 0 Å². The molecule has 4 amide bonds. The molecule has 7 atom stereocenters. The number of sulfonamides is 1. The number of rotatable bonds is 8. The van der Waals surface area contributed by atoms with Gasteiger partial charge in [-0.15, -0.1) is 0 Å². The van der Waals surface area contributed by atoms with Gasteiger partial charge in [-0.25, -0.2) is 22.6 Å². The number of pyridine rings is 1. The van der Waals surface area contributed by atoms with Crippen LogP contribution in [-0.4, -0.2) is 96.0 Å². The first kappa shape index (κ1) is 37.6. The number of allylic oxidation sites excluding steroid dienone is 1. The van der Waals surface area contributed by atoms with Crippen LogP contribution in [0.1, 0.15) is 58.8 Å². The molecular weight excluding hydrogens is 721 g/mol. The number of hydrogen-bond donors (Lipinski definition) is 4. The van der Waals surface area contributed by atoms with Gasteiger partial charge in [0.2, 0.25) is 27.7 Å². The number of fused-ring (bicyclic) bond motifs is 3. The summed E-state index contributed by atoms with van der Waals surface area (Å²) in [6.07, 6.45) is 3.36. The number of halogens is 2. The van der Waals surface area contributed by atoms with Crippen LogP contribution in [-0.2, 0) is 24.4 Å². The average Bonchev–Trinajstić information content (AvgIpc) is 3.99. The number of nitrogens with one attached hydrogen (secondary N) is 3. The number of carboxylic acid groups (broad SMARTS) is 1. The molecule has 1 aromatic carbocycles. The van der Waals surface area contributed by atoms with Crippen molar-refractivity contribution in [3.63, 3.8) is 0 Å². The Morgan fingerprint density at radius 3 is 2.62 bits per heavy atom. The monoisotopic (exact) mass is 763 g/mol. The van der Waals surface area contributed by atoms with E-state index in [2.05, 4.69) is 15.6 Å². The molecule has 6 rings (SSSR count). The topological polar surface area (TPSA) is 193 Å². The van der Waals surface area contributed by atoms with Gasteiger partial charge in [0.1, 0.15) is 40.9 Å². The summed E-state index contributed by atoms with van der Waals surface area (Å²) < 4.78 is 51.8. The van der Waals surface area contributed by atoms with Crippen LogP contribution in [0.25, 0.3) is 10.9 Å². The van der Waals surface area contributed by atoms with Gasteiger partial charge in [0, 0.05) is 29.9 Å². The van der Waals surface area contributed by atoms with Crippen LogP contribution >= 0.6 is 11.6 Å². The molecule has 17 heteroatoms. The van der Waals surface area contributed by atoms with Gasteiger partial charge in [-0.3, -0.25) is 19.1 Å². The van der Waals surface area contributed by atoms with Crippen molar-refractivity contribution in [2.45, 2.75) is 87.3 Å². The summed E-state index contributed by atoms with van der Waals surface area (Å²) in [6, 6.07) is 4.23. The first-order chi connectivity index (χ1) is 24.6. The number of hydrogen-bond acceptors (Lipinski definition) is 9. The van der Waals surface area contributed by atoms with Gasteiger partial charge in [-0.05, 0) is 62.5 Å². The Labute approximate surface area is 305 Å². The molecule has 1 aromatic heterocycles. The third-order valence-electron chi connectivity index (χ3n) is 10.8. The SMILES string of the molecule is COc1ccc2c(Cl)cc(O[C@@H]3C[C@H]4C(=O)N[C@]5(C(=O)NS(=O)(=O)C6(CF)CC6)C[C@H]5/C=C\CC[C@@H](C)C[C@@H](C)[C@H](NC(=O)O)C(=O)N4C3)nc2c1. The van der Waals surface area contributed by atoms with Crippen molar-refractivity contribution < 1.29 is 46.6 Å². The Hall–Kier alpha value is -4.18. The number of carbonyl (C=O) groups excluding carboxylic acids is 3. The van der Waals surface area contributed by atoms with E-state index in [9.17, 15) is 37.1 Å². The molecular formula is C35H43ClFN5O9S. The predicted octanol–water partition coefficient (Wildman–Crippen LogP) is 3.72. The van der Waals surface area contributed by atoms with Crippen LogP contribution in [0, 0.1) is 17.8 Å². The van der Waals surface area contributed by atoms with Crippen LogP contribution in [0.5, 0.6) is 11.6 Å². The van der Waals surface area contributed by atoms with Crippen LogP contribution in [0.15, 0.2) is 36.4 Å². The van der Waals surface area contributed by atoms with Crippen molar-refractivity contribution in [2.75, 3.05) is 20.3 Å². The fourth-order valence-electron chi connectivity index (χ4n) is 7.38. The number of carbonyl (C=O) groups is 4. The molecule has 4 aliphatic rings. The second kappa shape index (κ2) is 14.3. The standard InChI is InChI=1S/C35H43ClFN5O9S/c1-19-6-4-5-7-21-16-35(21,32(45)41-52(48,49)34(18-37)10-11-34)40-30(43)27-14-23(17-42(27)31(44)29(20(2)12-19)39-33(46)47)51-28-15-25(36)24-9-8-22(50-3)13-26(24)38-28/h5,7-9,13,15,19-21,23,27,29,39H,4,6,10-12,14,16-18H2,1-3H3,(H,40,43)(H,41,45)(H,46,47)/b7-5-/t19-,20-,21-,23-,27+,29+,35-/m1/s1. The molecule has 282 valence electrons. The highest BCUT2D eigenvalue weighted by atomic mass is 35.5. The lowest BCUT2D eigenvalue weighted by Crippen LogP contribution is -2.59. The van der Waals surface area contributed by atoms with E-state index >= 15 is 0 Å². The summed E-state index contributed by atoms with van der Waals surface area (Å²) in [6.45, 7) is 2.48. The van der Waals surface area contributed by atoms with E-state index in [1.165, 1.54) is 18.1 Å². The van der Waals surface area contributed by atoms with Gasteiger partial charge in [0.15, 0.2) is 0 Å². The fraction of sp³-hybridized carbons (Fsp3) is 0.571. The maximum atomic E-state index is 14.3. The highest BCUT2D eigenvalue weighted by Gasteiger charge is 2.64. The minimum atomic E-state index is -4.39. The van der Waals surface area contributed by atoms with E-state index in [-0.39, 0.29) is 44.0 Å². The molecule has 4 N–H and O–H groups in total. The van der Waals surface area contributed by atoms with Gasteiger partial charge in [0.05, 0.1) is 24.2 Å². The second-order valence-electron chi connectivity index (χ2n) is 14.6. The minimum Gasteiger partial charge on any atom is -0.497 e. The average molecular weight is 764 g/mol. The van der Waals surface area contributed by atoms with E-state index < -0.39 is 80.8 Å². The second-order valence-corrected chi connectivity index (χ2v) is 17.1. The molecule has 0 bridgehead atoms. The van der Waals surface area contributed by atoms with E-state index in [0.717, 1.165) is 0 Å². The molecule has 3 heterocycles. The highest BCUT2D eigenvalue weighted by molar-refractivity contribution is 7.91. The van der Waals surface area contributed by atoms with Gasteiger partial charge in [0.25, 0.3) is 5.91 Å². The first-order valence-corrected chi connectivity index (χ1v) is 19.2. The Bertz CT molecular complexity index is 1910. The van der Waals surface area contributed by atoms with Crippen molar-refractivity contribution in [1.29, 1.82) is 0 Å². The summed E-state index contributed by atoms with van der Waals surface area (Å²) in [7, 11) is -2.88. The lowest BCUT2D eigenvalue weighted by Gasteiger charge is -2.32. The van der Waals surface area contributed by atoms with E-state index in [1.807, 2.05) is 17.7 Å². The maximum absolute atomic E-state index is 14.3. The number of alkyl halides is 1. The fourth-order valence-corrected chi connectivity index (χ4v) is 9.06. The highest BCUT2D eigenvalue weighted by Crippen LogP contribution is 2.48. The largest absolute Gasteiger partial charge is 0.497 e. The maximum Gasteiger partial charge on any atom is 0.405 e. The summed E-state index contributed by atoms with van der Waals surface area (Å²) in [5.74, 6) is -2.67. The van der Waals surface area contributed by atoms with E-state index in [0.29, 0.717) is 40.9 Å². The van der Waals surface area contributed by atoms with Gasteiger partial charge >= 0.3 is 6.09 Å². The van der Waals surface area contributed by atoms with E-state index in [1.54, 1.807) is 31.2 Å². The number of aromatic nitrogens is 1. The zero-order valence-corrected chi connectivity index (χ0v) is 30.6. The quantitative estimate of drug-likeness (QED) is 0.288. The van der Waals surface area contributed by atoms with Gasteiger partial charge in [-0.2, -0.15) is 0 Å². The van der Waals surface area contributed by atoms with Gasteiger partial charge in [-0.1, -0.05) is 37.6 Å². The van der Waals surface area contributed by atoms with Crippen LogP contribution < -0.4 is 24.8 Å². The third kappa shape index (κ3) is 7.36. The molecule has 1 saturated heterocycles. The number of methoxy groups -OCH3 is 1. The lowest BCUT2D eigenvalue weighted by molar-refractivity contribution is -0.142. The van der Waals surface area contributed by atoms with Crippen molar-refractivity contribution >= 4 is 56.3 Å². The lowest BCUT2D eigenvalue weighted by atomic mass is 9.88. The smallest absolute Gasteiger partial charge is 0.405 e.